The summed E-state index contributed by atoms with van der Waals surface area (Å²) >= 11 is 0. The lowest BCUT2D eigenvalue weighted by molar-refractivity contribution is 0.717. The molecule has 3 aromatic rings. The maximum atomic E-state index is 4.76. The van der Waals surface area contributed by atoms with Gasteiger partial charge in [0.25, 0.3) is 0 Å². The molecular weight excluding hydrogens is 258 g/mol. The fourth-order valence-corrected chi connectivity index (χ4v) is 2.35. The molecular formula is C18H19N3. The summed E-state index contributed by atoms with van der Waals surface area (Å²) in [5.41, 5.74) is 3.43. The van der Waals surface area contributed by atoms with E-state index in [1.54, 1.807) is 0 Å². The molecule has 0 aliphatic carbocycles. The van der Waals surface area contributed by atoms with E-state index in [-0.39, 0.29) is 0 Å². The van der Waals surface area contributed by atoms with Crippen molar-refractivity contribution >= 4 is 17.7 Å². The Morgan fingerprint density at radius 2 is 1.86 bits per heavy atom. The molecule has 0 spiro atoms. The fourth-order valence-electron chi connectivity index (χ4n) is 2.35. The first kappa shape index (κ1) is 13.6. The largest absolute Gasteiger partial charge is 0.311 e. The third-order valence-electron chi connectivity index (χ3n) is 3.42. The Morgan fingerprint density at radius 3 is 2.67 bits per heavy atom. The predicted octanol–water partition coefficient (Wildman–Crippen LogP) is 3.61. The van der Waals surface area contributed by atoms with Gasteiger partial charge in [-0.2, -0.15) is 0 Å². The van der Waals surface area contributed by atoms with Crippen LogP contribution in [-0.4, -0.2) is 15.9 Å². The number of rotatable bonds is 5. The quantitative estimate of drug-likeness (QED) is 0.772. The Bertz CT molecular complexity index is 742. The van der Waals surface area contributed by atoms with E-state index in [1.165, 1.54) is 5.56 Å². The molecule has 3 nitrogen and oxygen atoms in total. The molecule has 1 aromatic carbocycles. The van der Waals surface area contributed by atoms with Gasteiger partial charge in [-0.15, -0.1) is 0 Å². The third-order valence-corrected chi connectivity index (χ3v) is 3.42. The van der Waals surface area contributed by atoms with Gasteiger partial charge in [0.05, 0.1) is 11.2 Å². The number of pyridine rings is 1. The molecule has 0 saturated carbocycles. The van der Waals surface area contributed by atoms with Crippen LogP contribution in [0.15, 0.2) is 54.7 Å². The summed E-state index contributed by atoms with van der Waals surface area (Å²) in [5, 5.41) is 3.34. The number of fused-ring (bicyclic) bond motifs is 1. The number of hydrogen-bond acceptors (Lipinski definition) is 2. The average Bonchev–Trinajstić information content (AvgIpc) is 2.90. The number of benzene rings is 1. The minimum Gasteiger partial charge on any atom is -0.311 e. The maximum absolute atomic E-state index is 4.76. The molecule has 106 valence electrons. The van der Waals surface area contributed by atoms with Gasteiger partial charge < -0.3 is 5.32 Å². The fraction of sp³-hybridized carbons (Fsp3) is 0.167. The van der Waals surface area contributed by atoms with Gasteiger partial charge >= 0.3 is 0 Å². The number of imidazole rings is 1. The van der Waals surface area contributed by atoms with E-state index in [4.69, 9.17) is 4.98 Å². The first-order valence-electron chi connectivity index (χ1n) is 7.28. The van der Waals surface area contributed by atoms with Crippen LogP contribution in [0.3, 0.4) is 0 Å². The van der Waals surface area contributed by atoms with Crippen molar-refractivity contribution < 1.29 is 0 Å². The molecule has 0 fully saturated rings. The smallest absolute Gasteiger partial charge is 0.137 e. The van der Waals surface area contributed by atoms with Crippen LogP contribution in [0, 0.1) is 0 Å². The number of aromatic nitrogens is 2. The van der Waals surface area contributed by atoms with Crippen LogP contribution < -0.4 is 5.32 Å². The zero-order chi connectivity index (χ0) is 14.5. The number of nitrogens with zero attached hydrogens (tertiary/aromatic N) is 2. The van der Waals surface area contributed by atoms with Gasteiger partial charge in [-0.3, -0.25) is 4.40 Å². The van der Waals surface area contributed by atoms with Crippen LogP contribution in [0.2, 0.25) is 0 Å². The highest BCUT2D eigenvalue weighted by Crippen LogP contribution is 2.15. The molecule has 0 unspecified atom stereocenters. The first-order valence-corrected chi connectivity index (χ1v) is 7.28. The Kier molecular flexibility index (Phi) is 4.12. The summed E-state index contributed by atoms with van der Waals surface area (Å²) < 4.78 is 2.13. The van der Waals surface area contributed by atoms with Gasteiger partial charge in [0.15, 0.2) is 0 Å². The van der Waals surface area contributed by atoms with Crippen molar-refractivity contribution in [3.05, 3.63) is 71.8 Å². The van der Waals surface area contributed by atoms with Crippen molar-refractivity contribution in [2.24, 2.45) is 0 Å². The van der Waals surface area contributed by atoms with Crippen LogP contribution in [0.1, 0.15) is 24.0 Å². The van der Waals surface area contributed by atoms with E-state index in [9.17, 15) is 0 Å². The normalized spacial score (nSPS) is 11.5. The lowest BCUT2D eigenvalue weighted by Crippen LogP contribution is -2.12. The summed E-state index contributed by atoms with van der Waals surface area (Å²) in [7, 11) is 0. The Hall–Kier alpha value is -2.39. The topological polar surface area (TPSA) is 29.3 Å². The molecule has 0 atom stereocenters. The monoisotopic (exact) mass is 277 g/mol. The molecule has 0 saturated heterocycles. The SMILES string of the molecule is CCNCc1nc(/C=C/c2ccccc2)n2ccccc12. The summed E-state index contributed by atoms with van der Waals surface area (Å²) in [5.74, 6) is 0.961. The molecule has 2 heterocycles. The molecule has 2 aromatic heterocycles. The lowest BCUT2D eigenvalue weighted by Gasteiger charge is -1.98. The molecule has 21 heavy (non-hydrogen) atoms. The highest BCUT2D eigenvalue weighted by atomic mass is 15.0. The molecule has 0 aliphatic heterocycles. The highest BCUT2D eigenvalue weighted by molar-refractivity contribution is 5.69. The van der Waals surface area contributed by atoms with Gasteiger partial charge in [-0.25, -0.2) is 4.98 Å². The Balaban J connectivity index is 1.96. The molecule has 0 radical (unpaired) electrons. The standard InChI is InChI=1S/C18H19N3/c1-2-19-14-16-17-10-6-7-13-21(17)18(20-16)12-11-15-8-4-3-5-9-15/h3-13,19H,2,14H2,1H3/b12-11+. The summed E-state index contributed by atoms with van der Waals surface area (Å²) in [6.07, 6.45) is 6.22. The van der Waals surface area contributed by atoms with Gasteiger partial charge in [-0.05, 0) is 30.3 Å². The molecule has 0 amide bonds. The van der Waals surface area contributed by atoms with Crippen molar-refractivity contribution in [2.45, 2.75) is 13.5 Å². The van der Waals surface area contributed by atoms with E-state index in [0.717, 1.165) is 30.1 Å². The van der Waals surface area contributed by atoms with E-state index < -0.39 is 0 Å². The first-order chi connectivity index (χ1) is 10.4. The van der Waals surface area contributed by atoms with E-state index in [0.29, 0.717) is 0 Å². The van der Waals surface area contributed by atoms with E-state index in [1.807, 2.05) is 24.3 Å². The molecule has 3 heteroatoms. The molecule has 1 N–H and O–H groups in total. The van der Waals surface area contributed by atoms with Gasteiger partial charge in [0, 0.05) is 12.7 Å². The number of nitrogens with one attached hydrogen (secondary N) is 1. The minimum absolute atomic E-state index is 0.795. The summed E-state index contributed by atoms with van der Waals surface area (Å²) in [6, 6.07) is 16.5. The summed E-state index contributed by atoms with van der Waals surface area (Å²) in [6.45, 7) is 3.85. The molecule has 3 rings (SSSR count). The second-order valence-corrected chi connectivity index (χ2v) is 4.90. The van der Waals surface area contributed by atoms with Crippen molar-refractivity contribution in [1.29, 1.82) is 0 Å². The van der Waals surface area contributed by atoms with Gasteiger partial charge in [0.1, 0.15) is 5.82 Å². The van der Waals surface area contributed by atoms with Crippen molar-refractivity contribution in [3.8, 4) is 0 Å². The van der Waals surface area contributed by atoms with Crippen molar-refractivity contribution in [3.63, 3.8) is 0 Å². The van der Waals surface area contributed by atoms with Crippen LogP contribution in [0.25, 0.3) is 17.7 Å². The second-order valence-electron chi connectivity index (χ2n) is 4.90. The van der Waals surface area contributed by atoms with Crippen LogP contribution in [-0.2, 0) is 6.54 Å². The molecule has 0 bridgehead atoms. The van der Waals surface area contributed by atoms with Gasteiger partial charge in [-0.1, -0.05) is 49.4 Å². The van der Waals surface area contributed by atoms with E-state index >= 15 is 0 Å². The van der Waals surface area contributed by atoms with Crippen molar-refractivity contribution in [1.82, 2.24) is 14.7 Å². The highest BCUT2D eigenvalue weighted by Gasteiger charge is 2.07. The van der Waals surface area contributed by atoms with Crippen LogP contribution in [0.5, 0.6) is 0 Å². The minimum atomic E-state index is 0.795. The average molecular weight is 277 g/mol. The summed E-state index contributed by atoms with van der Waals surface area (Å²) in [4.78, 5) is 4.76. The van der Waals surface area contributed by atoms with Crippen molar-refractivity contribution in [2.75, 3.05) is 6.54 Å². The van der Waals surface area contributed by atoms with E-state index in [2.05, 4.69) is 59.3 Å². The lowest BCUT2D eigenvalue weighted by atomic mass is 10.2. The third kappa shape index (κ3) is 3.03. The predicted molar refractivity (Wildman–Crippen MR) is 87.9 cm³/mol. The molecule has 0 aliphatic rings. The number of hydrogen-bond donors (Lipinski definition) is 1. The van der Waals surface area contributed by atoms with Gasteiger partial charge in [0.2, 0.25) is 0 Å². The van der Waals surface area contributed by atoms with Crippen LogP contribution >= 0.6 is 0 Å². The maximum Gasteiger partial charge on any atom is 0.137 e. The van der Waals surface area contributed by atoms with Crippen LogP contribution in [0.4, 0.5) is 0 Å². The second kappa shape index (κ2) is 6.37. The zero-order valence-corrected chi connectivity index (χ0v) is 12.2. The Labute approximate surface area is 125 Å². The Morgan fingerprint density at radius 1 is 1.05 bits per heavy atom. The zero-order valence-electron chi connectivity index (χ0n) is 12.2.